The lowest BCUT2D eigenvalue weighted by Crippen LogP contribution is -2.51. The summed E-state index contributed by atoms with van der Waals surface area (Å²) in [6.07, 6.45) is 6.64. The third-order valence-electron chi connectivity index (χ3n) is 5.85. The molecule has 1 aromatic heterocycles. The van der Waals surface area contributed by atoms with E-state index < -0.39 is 6.04 Å². The third-order valence-corrected chi connectivity index (χ3v) is 5.85. The molecule has 29 heavy (non-hydrogen) atoms. The van der Waals surface area contributed by atoms with Crippen molar-refractivity contribution in [2.45, 2.75) is 64.5 Å². The van der Waals surface area contributed by atoms with Gasteiger partial charge in [0.05, 0.1) is 11.7 Å². The Labute approximate surface area is 171 Å². The van der Waals surface area contributed by atoms with E-state index in [-0.39, 0.29) is 29.6 Å². The topological polar surface area (TPSA) is 93.1 Å². The van der Waals surface area contributed by atoms with Gasteiger partial charge in [-0.15, -0.1) is 0 Å². The monoisotopic (exact) mass is 398 g/mol. The highest BCUT2D eigenvalue weighted by molar-refractivity contribution is 6.00. The standard InChI is InChI=1S/C22H30N4O3/c1-4-5-8-19(22(29)24-18-9-6-7-17(18)14(2)27)25-21(28)15-10-11-16-13-23-26(3)20(16)12-15/h10-13,17-19H,4-9H2,1-3H3,(H,24,29)(H,25,28)/t17-,18-,19-/m0/s1. The Balaban J connectivity index is 1.71. The lowest BCUT2D eigenvalue weighted by molar-refractivity contribution is -0.125. The van der Waals surface area contributed by atoms with Gasteiger partial charge in [-0.2, -0.15) is 5.10 Å². The van der Waals surface area contributed by atoms with Crippen molar-refractivity contribution in [1.82, 2.24) is 20.4 Å². The second-order valence-corrected chi connectivity index (χ2v) is 7.97. The molecule has 0 bridgehead atoms. The van der Waals surface area contributed by atoms with Crippen molar-refractivity contribution in [3.8, 4) is 0 Å². The van der Waals surface area contributed by atoms with Crippen LogP contribution in [0.3, 0.4) is 0 Å². The van der Waals surface area contributed by atoms with Gasteiger partial charge in [0.15, 0.2) is 0 Å². The van der Waals surface area contributed by atoms with Crippen LogP contribution >= 0.6 is 0 Å². The number of aromatic nitrogens is 2. The largest absolute Gasteiger partial charge is 0.351 e. The van der Waals surface area contributed by atoms with Crippen LogP contribution in [0.5, 0.6) is 0 Å². The average Bonchev–Trinajstić information content (AvgIpc) is 3.31. The summed E-state index contributed by atoms with van der Waals surface area (Å²) < 4.78 is 1.72. The fourth-order valence-corrected chi connectivity index (χ4v) is 4.11. The molecule has 2 aromatic rings. The molecule has 2 amide bonds. The molecule has 1 aromatic carbocycles. The first kappa shape index (κ1) is 21.0. The minimum Gasteiger partial charge on any atom is -0.351 e. The van der Waals surface area contributed by atoms with Crippen LogP contribution < -0.4 is 10.6 Å². The van der Waals surface area contributed by atoms with E-state index >= 15 is 0 Å². The molecule has 0 radical (unpaired) electrons. The first-order valence-corrected chi connectivity index (χ1v) is 10.4. The molecule has 1 heterocycles. The normalized spacial score (nSPS) is 19.8. The molecular formula is C22H30N4O3. The highest BCUT2D eigenvalue weighted by atomic mass is 16.2. The van der Waals surface area contributed by atoms with Gasteiger partial charge in [-0.1, -0.05) is 32.3 Å². The van der Waals surface area contributed by atoms with Crippen LogP contribution in [0.4, 0.5) is 0 Å². The number of Topliss-reactive ketones (excluding diaryl/α,β-unsaturated/α-hetero) is 1. The minimum atomic E-state index is -0.613. The van der Waals surface area contributed by atoms with Gasteiger partial charge in [-0.3, -0.25) is 19.1 Å². The fourth-order valence-electron chi connectivity index (χ4n) is 4.11. The Morgan fingerprint density at radius 2 is 2.07 bits per heavy atom. The summed E-state index contributed by atoms with van der Waals surface area (Å²) in [5.41, 5.74) is 1.36. The van der Waals surface area contributed by atoms with Crippen LogP contribution in [0.15, 0.2) is 24.4 Å². The number of hydrogen-bond donors (Lipinski definition) is 2. The van der Waals surface area contributed by atoms with Crippen LogP contribution in [0.25, 0.3) is 10.9 Å². The van der Waals surface area contributed by atoms with Gasteiger partial charge in [0.25, 0.3) is 5.91 Å². The number of hydrogen-bond acceptors (Lipinski definition) is 4. The number of aryl methyl sites for hydroxylation is 1. The van der Waals surface area contributed by atoms with Gasteiger partial charge < -0.3 is 10.6 Å². The highest BCUT2D eigenvalue weighted by Crippen LogP contribution is 2.26. The molecule has 7 heteroatoms. The van der Waals surface area contributed by atoms with Crippen molar-refractivity contribution >= 4 is 28.5 Å². The maximum absolute atomic E-state index is 12.9. The summed E-state index contributed by atoms with van der Waals surface area (Å²) in [4.78, 5) is 37.6. The molecule has 1 aliphatic carbocycles. The maximum atomic E-state index is 12.9. The average molecular weight is 399 g/mol. The van der Waals surface area contributed by atoms with E-state index in [9.17, 15) is 14.4 Å². The number of nitrogens with zero attached hydrogens (tertiary/aromatic N) is 2. The molecule has 0 aliphatic heterocycles. The molecule has 7 nitrogen and oxygen atoms in total. The number of amides is 2. The first-order valence-electron chi connectivity index (χ1n) is 10.4. The fraction of sp³-hybridized carbons (Fsp3) is 0.545. The summed E-state index contributed by atoms with van der Waals surface area (Å²) in [6, 6.07) is 4.64. The summed E-state index contributed by atoms with van der Waals surface area (Å²) in [6.45, 7) is 3.63. The molecule has 0 spiro atoms. The second kappa shape index (κ2) is 9.20. The molecule has 3 rings (SSSR count). The van der Waals surface area contributed by atoms with E-state index in [0.29, 0.717) is 12.0 Å². The van der Waals surface area contributed by atoms with Gasteiger partial charge in [-0.25, -0.2) is 0 Å². The van der Waals surface area contributed by atoms with Crippen molar-refractivity contribution in [3.05, 3.63) is 30.0 Å². The smallest absolute Gasteiger partial charge is 0.252 e. The summed E-state index contributed by atoms with van der Waals surface area (Å²) in [7, 11) is 1.83. The summed E-state index contributed by atoms with van der Waals surface area (Å²) >= 11 is 0. The zero-order chi connectivity index (χ0) is 21.0. The highest BCUT2D eigenvalue weighted by Gasteiger charge is 2.33. The van der Waals surface area contributed by atoms with Crippen LogP contribution in [0.2, 0.25) is 0 Å². The van der Waals surface area contributed by atoms with E-state index in [2.05, 4.69) is 22.7 Å². The van der Waals surface area contributed by atoms with Crippen LogP contribution in [0, 0.1) is 5.92 Å². The second-order valence-electron chi connectivity index (χ2n) is 7.97. The summed E-state index contributed by atoms with van der Waals surface area (Å²) in [5.74, 6) is -0.481. The molecular weight excluding hydrogens is 368 g/mol. The van der Waals surface area contributed by atoms with Gasteiger partial charge >= 0.3 is 0 Å². The number of nitrogens with one attached hydrogen (secondary N) is 2. The minimum absolute atomic E-state index is 0.117. The van der Waals surface area contributed by atoms with Crippen molar-refractivity contribution in [2.75, 3.05) is 0 Å². The quantitative estimate of drug-likeness (QED) is 0.715. The van der Waals surface area contributed by atoms with E-state index in [0.717, 1.165) is 43.0 Å². The molecule has 1 fully saturated rings. The van der Waals surface area contributed by atoms with Crippen LogP contribution in [-0.4, -0.2) is 39.5 Å². The van der Waals surface area contributed by atoms with Gasteiger partial charge in [0.2, 0.25) is 5.91 Å². The molecule has 156 valence electrons. The molecule has 1 saturated carbocycles. The predicted molar refractivity (Wildman–Crippen MR) is 111 cm³/mol. The molecule has 1 aliphatic rings. The SMILES string of the molecule is CCCC[C@H](NC(=O)c1ccc2cnn(C)c2c1)C(=O)N[C@H]1CCC[C@H]1C(C)=O. The van der Waals surface area contributed by atoms with Gasteiger partial charge in [-0.05, 0) is 38.3 Å². The van der Waals surface area contributed by atoms with E-state index in [4.69, 9.17) is 0 Å². The van der Waals surface area contributed by atoms with E-state index in [1.165, 1.54) is 0 Å². The molecule has 3 atom stereocenters. The van der Waals surface area contributed by atoms with E-state index in [1.807, 2.05) is 13.1 Å². The number of unbranched alkanes of at least 4 members (excludes halogenated alkanes) is 1. The number of rotatable bonds is 8. The molecule has 2 N–H and O–H groups in total. The Bertz CT molecular complexity index is 905. The lowest BCUT2D eigenvalue weighted by Gasteiger charge is -2.24. The number of carbonyl (C=O) groups is 3. The van der Waals surface area contributed by atoms with Gasteiger partial charge in [0, 0.05) is 30.0 Å². The maximum Gasteiger partial charge on any atom is 0.252 e. The predicted octanol–water partition coefficient (Wildman–Crippen LogP) is 2.74. The first-order chi connectivity index (χ1) is 13.9. The van der Waals surface area contributed by atoms with E-state index in [1.54, 1.807) is 29.9 Å². The Morgan fingerprint density at radius 3 is 2.79 bits per heavy atom. The van der Waals surface area contributed by atoms with Crippen molar-refractivity contribution < 1.29 is 14.4 Å². The number of ketones is 1. The third kappa shape index (κ3) is 4.83. The Hall–Kier alpha value is -2.70. The zero-order valence-corrected chi connectivity index (χ0v) is 17.4. The summed E-state index contributed by atoms with van der Waals surface area (Å²) in [5, 5.41) is 11.1. The van der Waals surface area contributed by atoms with Crippen molar-refractivity contribution in [3.63, 3.8) is 0 Å². The number of fused-ring (bicyclic) bond motifs is 1. The molecule has 0 saturated heterocycles. The Morgan fingerprint density at radius 1 is 1.28 bits per heavy atom. The Kier molecular flexibility index (Phi) is 6.67. The lowest BCUT2D eigenvalue weighted by atomic mass is 9.98. The number of benzene rings is 1. The zero-order valence-electron chi connectivity index (χ0n) is 17.4. The van der Waals surface area contributed by atoms with Gasteiger partial charge in [0.1, 0.15) is 11.8 Å². The van der Waals surface area contributed by atoms with Crippen LogP contribution in [0.1, 0.15) is 62.7 Å². The van der Waals surface area contributed by atoms with Crippen LogP contribution in [-0.2, 0) is 16.6 Å². The van der Waals surface area contributed by atoms with Crippen molar-refractivity contribution in [1.29, 1.82) is 0 Å². The molecule has 0 unspecified atom stereocenters. The number of carbonyl (C=O) groups excluding carboxylic acids is 3. The van der Waals surface area contributed by atoms with Crippen molar-refractivity contribution in [2.24, 2.45) is 13.0 Å².